The van der Waals surface area contributed by atoms with Gasteiger partial charge in [-0.15, -0.1) is 0 Å². The van der Waals surface area contributed by atoms with Crippen molar-refractivity contribution >= 4 is 11.8 Å². The summed E-state index contributed by atoms with van der Waals surface area (Å²) in [5, 5.41) is 0. The molecule has 2 N–H and O–H groups in total. The van der Waals surface area contributed by atoms with Gasteiger partial charge in [-0.1, -0.05) is 43.5 Å². The second kappa shape index (κ2) is 7.54. The molecule has 2 amide bonds. The summed E-state index contributed by atoms with van der Waals surface area (Å²) >= 11 is 0. The largest absolute Gasteiger partial charge is 0.454 e. The van der Waals surface area contributed by atoms with Crippen LogP contribution in [0.25, 0.3) is 0 Å². The molecule has 1 aliphatic heterocycles. The molecule has 6 heteroatoms. The van der Waals surface area contributed by atoms with Crippen LogP contribution < -0.4 is 20.3 Å². The van der Waals surface area contributed by atoms with Crippen LogP contribution in [0.4, 0.5) is 0 Å². The van der Waals surface area contributed by atoms with E-state index in [1.54, 1.807) is 12.1 Å². The van der Waals surface area contributed by atoms with Gasteiger partial charge in [0, 0.05) is 5.56 Å². The fourth-order valence-electron chi connectivity index (χ4n) is 4.12. The third-order valence-corrected chi connectivity index (χ3v) is 5.75. The van der Waals surface area contributed by atoms with E-state index in [-0.39, 0.29) is 18.6 Å². The summed E-state index contributed by atoms with van der Waals surface area (Å²) in [5.74, 6) is 0.860. The number of hydrogen-bond acceptors (Lipinski definition) is 4. The van der Waals surface area contributed by atoms with Crippen molar-refractivity contribution in [3.8, 4) is 11.5 Å². The molecule has 0 radical (unpaired) electrons. The summed E-state index contributed by atoms with van der Waals surface area (Å²) in [6, 6.07) is 13.0. The van der Waals surface area contributed by atoms with Crippen LogP contribution in [0.1, 0.15) is 53.6 Å². The van der Waals surface area contributed by atoms with Crippen molar-refractivity contribution in [1.82, 2.24) is 10.9 Å². The van der Waals surface area contributed by atoms with E-state index in [2.05, 4.69) is 10.9 Å². The minimum atomic E-state index is -0.682. The molecular weight excluding hydrogens is 356 g/mol. The first-order valence-corrected chi connectivity index (χ1v) is 9.67. The van der Waals surface area contributed by atoms with E-state index in [1.165, 1.54) is 0 Å². The molecule has 1 saturated carbocycles. The lowest BCUT2D eigenvalue weighted by molar-refractivity contribution is -0.128. The van der Waals surface area contributed by atoms with Gasteiger partial charge in [0.1, 0.15) is 0 Å². The van der Waals surface area contributed by atoms with Crippen molar-refractivity contribution in [3.05, 3.63) is 59.2 Å². The molecule has 1 aliphatic carbocycles. The Balaban J connectivity index is 1.55. The summed E-state index contributed by atoms with van der Waals surface area (Å²) < 4.78 is 10.9. The maximum Gasteiger partial charge on any atom is 0.269 e. The highest BCUT2D eigenvalue weighted by Crippen LogP contribution is 2.43. The number of fused-ring (bicyclic) bond motifs is 1. The lowest BCUT2D eigenvalue weighted by atomic mass is 9.69. The van der Waals surface area contributed by atoms with Crippen LogP contribution in [-0.2, 0) is 10.2 Å². The Morgan fingerprint density at radius 1 is 0.929 bits per heavy atom. The third kappa shape index (κ3) is 3.30. The molecule has 4 rings (SSSR count). The number of ether oxygens (including phenoxy) is 2. The Bertz CT molecular complexity index is 903. The zero-order valence-electron chi connectivity index (χ0n) is 15.9. The first-order valence-electron chi connectivity index (χ1n) is 9.67. The number of hydrogen-bond donors (Lipinski definition) is 2. The molecule has 0 atom stereocenters. The van der Waals surface area contributed by atoms with E-state index in [1.807, 2.05) is 37.3 Å². The Morgan fingerprint density at radius 3 is 2.46 bits per heavy atom. The molecule has 1 heterocycles. The highest BCUT2D eigenvalue weighted by atomic mass is 16.7. The predicted octanol–water partition coefficient (Wildman–Crippen LogP) is 3.39. The number of benzene rings is 2. The standard InChI is InChI=1S/C22H24N2O4/c1-15-7-3-4-8-17(15)20(25)23-24-21(26)22(11-5-2-6-12-22)16-9-10-18-19(13-16)28-14-27-18/h3-4,7-10,13H,2,5-6,11-12,14H2,1H3,(H,23,25)(H,24,26). The van der Waals surface area contributed by atoms with Gasteiger partial charge < -0.3 is 9.47 Å². The first kappa shape index (κ1) is 18.3. The number of nitrogens with one attached hydrogen (secondary N) is 2. The van der Waals surface area contributed by atoms with E-state index >= 15 is 0 Å². The summed E-state index contributed by atoms with van der Waals surface area (Å²) in [7, 11) is 0. The van der Waals surface area contributed by atoms with E-state index in [0.29, 0.717) is 17.1 Å². The lowest BCUT2D eigenvalue weighted by Gasteiger charge is -2.36. The van der Waals surface area contributed by atoms with Gasteiger partial charge in [-0.2, -0.15) is 0 Å². The van der Waals surface area contributed by atoms with Gasteiger partial charge >= 0.3 is 0 Å². The SMILES string of the molecule is Cc1ccccc1C(=O)NNC(=O)C1(c2ccc3c(c2)OCO3)CCCCC1. The number of hydrazine groups is 1. The number of rotatable bonds is 3. The molecule has 0 spiro atoms. The van der Waals surface area contributed by atoms with Gasteiger partial charge in [0.2, 0.25) is 12.7 Å². The molecule has 146 valence electrons. The van der Waals surface area contributed by atoms with Gasteiger partial charge in [0.25, 0.3) is 5.91 Å². The Morgan fingerprint density at radius 2 is 1.68 bits per heavy atom. The van der Waals surface area contributed by atoms with Crippen LogP contribution >= 0.6 is 0 Å². The molecule has 2 aromatic rings. The van der Waals surface area contributed by atoms with E-state index in [0.717, 1.165) is 43.2 Å². The van der Waals surface area contributed by atoms with Crippen LogP contribution in [0, 0.1) is 6.92 Å². The van der Waals surface area contributed by atoms with Crippen molar-refractivity contribution < 1.29 is 19.1 Å². The zero-order valence-corrected chi connectivity index (χ0v) is 15.9. The maximum atomic E-state index is 13.2. The van der Waals surface area contributed by atoms with Crippen LogP contribution in [0.3, 0.4) is 0 Å². The highest BCUT2D eigenvalue weighted by Gasteiger charge is 2.42. The predicted molar refractivity (Wildman–Crippen MR) is 104 cm³/mol. The van der Waals surface area contributed by atoms with E-state index in [4.69, 9.17) is 9.47 Å². The van der Waals surface area contributed by atoms with Crippen LogP contribution in [0.15, 0.2) is 42.5 Å². The van der Waals surface area contributed by atoms with Gasteiger partial charge in [-0.25, -0.2) is 0 Å². The molecule has 2 aliphatic rings. The summed E-state index contributed by atoms with van der Waals surface area (Å²) in [5.41, 5.74) is 6.89. The molecule has 28 heavy (non-hydrogen) atoms. The number of amides is 2. The van der Waals surface area contributed by atoms with Crippen molar-refractivity contribution in [3.63, 3.8) is 0 Å². The molecule has 1 fully saturated rings. The number of carbonyl (C=O) groups excluding carboxylic acids is 2. The summed E-state index contributed by atoms with van der Waals surface area (Å²) in [6.07, 6.45) is 4.51. The van der Waals surface area contributed by atoms with E-state index < -0.39 is 5.41 Å². The molecule has 2 aromatic carbocycles. The summed E-state index contributed by atoms with van der Waals surface area (Å²) in [4.78, 5) is 25.7. The van der Waals surface area contributed by atoms with Crippen LogP contribution in [-0.4, -0.2) is 18.6 Å². The third-order valence-electron chi connectivity index (χ3n) is 5.75. The lowest BCUT2D eigenvalue weighted by Crippen LogP contribution is -2.52. The van der Waals surface area contributed by atoms with Crippen molar-refractivity contribution in [2.75, 3.05) is 6.79 Å². The van der Waals surface area contributed by atoms with Crippen molar-refractivity contribution in [1.29, 1.82) is 0 Å². The topological polar surface area (TPSA) is 76.7 Å². The fourth-order valence-corrected chi connectivity index (χ4v) is 4.12. The average molecular weight is 380 g/mol. The van der Waals surface area contributed by atoms with Crippen molar-refractivity contribution in [2.45, 2.75) is 44.4 Å². The second-order valence-electron chi connectivity index (χ2n) is 7.43. The summed E-state index contributed by atoms with van der Waals surface area (Å²) in [6.45, 7) is 2.07. The second-order valence-corrected chi connectivity index (χ2v) is 7.43. The molecule has 0 unspecified atom stereocenters. The Hall–Kier alpha value is -3.02. The van der Waals surface area contributed by atoms with Crippen molar-refractivity contribution in [2.24, 2.45) is 0 Å². The Kier molecular flexibility index (Phi) is 4.94. The molecule has 0 bridgehead atoms. The molecule has 0 saturated heterocycles. The minimum Gasteiger partial charge on any atom is -0.454 e. The fraction of sp³-hybridized carbons (Fsp3) is 0.364. The van der Waals surface area contributed by atoms with Gasteiger partial charge in [0.05, 0.1) is 5.41 Å². The maximum absolute atomic E-state index is 13.2. The van der Waals surface area contributed by atoms with Crippen LogP contribution in [0.2, 0.25) is 0 Å². The van der Waals surface area contributed by atoms with Gasteiger partial charge in [-0.3, -0.25) is 20.4 Å². The normalized spacial score (nSPS) is 17.0. The Labute approximate surface area is 164 Å². The van der Waals surface area contributed by atoms with Gasteiger partial charge in [-0.05, 0) is 49.1 Å². The number of aryl methyl sites for hydroxylation is 1. The first-order chi connectivity index (χ1) is 13.6. The zero-order chi connectivity index (χ0) is 19.6. The average Bonchev–Trinajstić information content (AvgIpc) is 3.20. The molecule has 0 aromatic heterocycles. The molecule has 6 nitrogen and oxygen atoms in total. The highest BCUT2D eigenvalue weighted by molar-refractivity contribution is 5.98. The number of carbonyl (C=O) groups is 2. The van der Waals surface area contributed by atoms with Crippen LogP contribution in [0.5, 0.6) is 11.5 Å². The molecular formula is C22H24N2O4. The van der Waals surface area contributed by atoms with E-state index in [9.17, 15) is 9.59 Å². The monoisotopic (exact) mass is 380 g/mol. The smallest absolute Gasteiger partial charge is 0.269 e. The minimum absolute atomic E-state index is 0.187. The quantitative estimate of drug-likeness (QED) is 0.801. The van der Waals surface area contributed by atoms with Gasteiger partial charge in [0.15, 0.2) is 11.5 Å².